The average Bonchev–Trinajstić information content (AvgIpc) is 3.09. The van der Waals surface area contributed by atoms with Crippen LogP contribution in [0, 0.1) is 11.7 Å². The number of hydrogen-bond donors (Lipinski definition) is 0. The topological polar surface area (TPSA) is 48.0 Å². The van der Waals surface area contributed by atoms with Crippen molar-refractivity contribution in [1.82, 2.24) is 0 Å². The molecule has 1 unspecified atom stereocenters. The van der Waals surface area contributed by atoms with Crippen molar-refractivity contribution in [2.24, 2.45) is 5.92 Å². The number of anilines is 1. The van der Waals surface area contributed by atoms with Crippen molar-refractivity contribution in [2.45, 2.75) is 12.8 Å². The summed E-state index contributed by atoms with van der Waals surface area (Å²) in [7, 11) is 0. The van der Waals surface area contributed by atoms with Crippen molar-refractivity contribution in [2.75, 3.05) is 24.8 Å². The second kappa shape index (κ2) is 6.63. The van der Waals surface area contributed by atoms with Gasteiger partial charge in [-0.05, 0) is 42.8 Å². The van der Waals surface area contributed by atoms with Crippen molar-refractivity contribution < 1.29 is 23.4 Å². The molecule has 25 heavy (non-hydrogen) atoms. The van der Waals surface area contributed by atoms with E-state index in [9.17, 15) is 9.18 Å². The van der Waals surface area contributed by atoms with Crippen LogP contribution >= 0.6 is 0 Å². The Labute approximate surface area is 144 Å². The second-order valence-corrected chi connectivity index (χ2v) is 6.21. The number of fused-ring (bicyclic) bond motifs is 1. The first-order valence-corrected chi connectivity index (χ1v) is 8.27. The molecule has 2 aromatic rings. The maximum absolute atomic E-state index is 13.1. The Hall–Kier alpha value is -2.76. The van der Waals surface area contributed by atoms with Gasteiger partial charge in [0.15, 0.2) is 11.5 Å². The Kier molecular flexibility index (Phi) is 4.17. The lowest BCUT2D eigenvalue weighted by molar-refractivity contribution is -0.120. The van der Waals surface area contributed by atoms with Crippen LogP contribution in [0.5, 0.6) is 17.2 Å². The third-order valence-corrected chi connectivity index (χ3v) is 4.48. The average molecular weight is 343 g/mol. The first kappa shape index (κ1) is 15.7. The van der Waals surface area contributed by atoms with E-state index in [0.717, 1.165) is 23.6 Å². The molecule has 2 aliphatic rings. The van der Waals surface area contributed by atoms with Crippen LogP contribution < -0.4 is 19.1 Å². The van der Waals surface area contributed by atoms with E-state index in [-0.39, 0.29) is 24.4 Å². The van der Waals surface area contributed by atoms with Crippen LogP contribution in [0.4, 0.5) is 10.1 Å². The molecule has 1 amide bonds. The third kappa shape index (κ3) is 3.38. The van der Waals surface area contributed by atoms with Gasteiger partial charge < -0.3 is 19.1 Å². The highest BCUT2D eigenvalue weighted by Gasteiger charge is 2.27. The van der Waals surface area contributed by atoms with E-state index in [1.54, 1.807) is 17.0 Å². The second-order valence-electron chi connectivity index (χ2n) is 6.21. The van der Waals surface area contributed by atoms with E-state index < -0.39 is 0 Å². The molecule has 1 fully saturated rings. The fraction of sp³-hybridized carbons (Fsp3) is 0.316. The van der Waals surface area contributed by atoms with Crippen molar-refractivity contribution in [3.05, 3.63) is 48.3 Å². The maximum atomic E-state index is 13.1. The minimum atomic E-state index is -0.309. The van der Waals surface area contributed by atoms with Gasteiger partial charge in [-0.3, -0.25) is 4.79 Å². The number of carbonyl (C=O) groups excluding carboxylic acids is 1. The molecular formula is C19H18FNO4. The zero-order valence-corrected chi connectivity index (χ0v) is 13.6. The summed E-state index contributed by atoms with van der Waals surface area (Å²) >= 11 is 0. The molecule has 130 valence electrons. The Morgan fingerprint density at radius 1 is 1.12 bits per heavy atom. The number of rotatable bonds is 4. The first-order valence-electron chi connectivity index (χ1n) is 8.27. The molecule has 0 aromatic heterocycles. The van der Waals surface area contributed by atoms with E-state index in [0.29, 0.717) is 25.3 Å². The number of carbonyl (C=O) groups is 1. The van der Waals surface area contributed by atoms with Crippen LogP contribution in [0.2, 0.25) is 0 Å². The smallest absolute Gasteiger partial charge is 0.231 e. The standard InChI is InChI=1S/C19H18FNO4/c20-14-2-4-15(5-3-14)21-10-13(1-8-19(21)22)11-23-16-6-7-17-18(9-16)25-12-24-17/h2-7,9,13H,1,8,10-12H2. The van der Waals surface area contributed by atoms with E-state index in [2.05, 4.69) is 0 Å². The summed E-state index contributed by atoms with van der Waals surface area (Å²) in [5.74, 6) is 2.09. The normalized spacial score (nSPS) is 19.2. The molecule has 2 aliphatic heterocycles. The van der Waals surface area contributed by atoms with Crippen molar-refractivity contribution in [1.29, 1.82) is 0 Å². The Morgan fingerprint density at radius 2 is 1.92 bits per heavy atom. The highest BCUT2D eigenvalue weighted by atomic mass is 19.1. The molecule has 0 saturated carbocycles. The molecule has 0 aliphatic carbocycles. The Bertz CT molecular complexity index is 777. The fourth-order valence-electron chi connectivity index (χ4n) is 3.10. The molecule has 4 rings (SSSR count). The van der Waals surface area contributed by atoms with Crippen molar-refractivity contribution in [3.8, 4) is 17.2 Å². The molecular weight excluding hydrogens is 325 g/mol. The van der Waals surface area contributed by atoms with Gasteiger partial charge in [-0.2, -0.15) is 0 Å². The van der Waals surface area contributed by atoms with Crippen LogP contribution in [-0.2, 0) is 4.79 Å². The summed E-state index contributed by atoms with van der Waals surface area (Å²) in [6, 6.07) is 11.5. The lowest BCUT2D eigenvalue weighted by atomic mass is 9.98. The predicted octanol–water partition coefficient (Wildman–Crippen LogP) is 3.38. The molecule has 0 bridgehead atoms. The molecule has 2 heterocycles. The minimum absolute atomic E-state index is 0.0611. The molecule has 5 nitrogen and oxygen atoms in total. The lowest BCUT2D eigenvalue weighted by Gasteiger charge is -2.32. The molecule has 2 aromatic carbocycles. The fourth-order valence-corrected chi connectivity index (χ4v) is 3.10. The molecule has 6 heteroatoms. The van der Waals surface area contributed by atoms with Gasteiger partial charge in [0.25, 0.3) is 0 Å². The van der Waals surface area contributed by atoms with Gasteiger partial charge >= 0.3 is 0 Å². The van der Waals surface area contributed by atoms with E-state index in [1.165, 1.54) is 12.1 Å². The number of ether oxygens (including phenoxy) is 3. The number of piperidine rings is 1. The monoisotopic (exact) mass is 343 g/mol. The first-order chi connectivity index (χ1) is 12.2. The molecule has 1 atom stereocenters. The molecule has 0 spiro atoms. The van der Waals surface area contributed by atoms with Crippen molar-refractivity contribution >= 4 is 11.6 Å². The number of halogens is 1. The van der Waals surface area contributed by atoms with Gasteiger partial charge in [-0.15, -0.1) is 0 Å². The Balaban J connectivity index is 1.39. The maximum Gasteiger partial charge on any atom is 0.231 e. The highest BCUT2D eigenvalue weighted by Crippen LogP contribution is 2.35. The highest BCUT2D eigenvalue weighted by molar-refractivity contribution is 5.94. The number of benzene rings is 2. The van der Waals surface area contributed by atoms with Crippen LogP contribution in [-0.4, -0.2) is 25.9 Å². The third-order valence-electron chi connectivity index (χ3n) is 4.48. The zero-order valence-electron chi connectivity index (χ0n) is 13.6. The van der Waals surface area contributed by atoms with E-state index in [4.69, 9.17) is 14.2 Å². The lowest BCUT2D eigenvalue weighted by Crippen LogP contribution is -2.41. The zero-order chi connectivity index (χ0) is 17.2. The number of nitrogens with zero attached hydrogens (tertiary/aromatic N) is 1. The summed E-state index contributed by atoms with van der Waals surface area (Å²) < 4.78 is 29.6. The van der Waals surface area contributed by atoms with Crippen LogP contribution in [0.1, 0.15) is 12.8 Å². The van der Waals surface area contributed by atoms with Crippen molar-refractivity contribution in [3.63, 3.8) is 0 Å². The van der Waals surface area contributed by atoms with Gasteiger partial charge in [0.1, 0.15) is 11.6 Å². The quantitative estimate of drug-likeness (QED) is 0.854. The van der Waals surface area contributed by atoms with Crippen LogP contribution in [0.25, 0.3) is 0 Å². The largest absolute Gasteiger partial charge is 0.493 e. The summed E-state index contributed by atoms with van der Waals surface area (Å²) in [4.78, 5) is 13.9. The SMILES string of the molecule is O=C1CCC(COc2ccc3c(c2)OCO3)CN1c1ccc(F)cc1. The van der Waals surface area contributed by atoms with Gasteiger partial charge in [0.05, 0.1) is 6.61 Å². The van der Waals surface area contributed by atoms with E-state index >= 15 is 0 Å². The van der Waals surface area contributed by atoms with Gasteiger partial charge in [0.2, 0.25) is 12.7 Å². The number of amides is 1. The van der Waals surface area contributed by atoms with Gasteiger partial charge in [-0.25, -0.2) is 4.39 Å². The van der Waals surface area contributed by atoms with Crippen LogP contribution in [0.15, 0.2) is 42.5 Å². The predicted molar refractivity (Wildman–Crippen MR) is 89.5 cm³/mol. The summed E-state index contributed by atoms with van der Waals surface area (Å²) in [5, 5.41) is 0. The summed E-state index contributed by atoms with van der Waals surface area (Å²) in [6.45, 7) is 1.30. The molecule has 1 saturated heterocycles. The molecule has 0 N–H and O–H groups in total. The molecule has 0 radical (unpaired) electrons. The minimum Gasteiger partial charge on any atom is -0.493 e. The summed E-state index contributed by atoms with van der Waals surface area (Å²) in [5.41, 5.74) is 0.721. The van der Waals surface area contributed by atoms with Crippen LogP contribution in [0.3, 0.4) is 0 Å². The number of hydrogen-bond acceptors (Lipinski definition) is 4. The van der Waals surface area contributed by atoms with Gasteiger partial charge in [0, 0.05) is 30.6 Å². The van der Waals surface area contributed by atoms with E-state index in [1.807, 2.05) is 18.2 Å². The van der Waals surface area contributed by atoms with Gasteiger partial charge in [-0.1, -0.05) is 0 Å². The summed E-state index contributed by atoms with van der Waals surface area (Å²) in [6.07, 6.45) is 1.24. The Morgan fingerprint density at radius 3 is 2.76 bits per heavy atom.